The van der Waals surface area contributed by atoms with Gasteiger partial charge in [-0.2, -0.15) is 0 Å². The molecule has 7 heteroatoms. The second-order valence-electron chi connectivity index (χ2n) is 7.34. The molecule has 0 saturated carbocycles. The minimum absolute atomic E-state index is 0. The summed E-state index contributed by atoms with van der Waals surface area (Å²) in [6, 6.07) is 18.4. The Hall–Kier alpha value is -1.79. The lowest BCUT2D eigenvalue weighted by Gasteiger charge is -2.31. The fourth-order valence-corrected chi connectivity index (χ4v) is 4.26. The predicted octanol–water partition coefficient (Wildman–Crippen LogP) is 3.18. The van der Waals surface area contributed by atoms with E-state index in [1.165, 1.54) is 5.56 Å². The van der Waals surface area contributed by atoms with Crippen LogP contribution in [0.1, 0.15) is 21.8 Å². The highest BCUT2D eigenvalue weighted by Crippen LogP contribution is 2.34. The van der Waals surface area contributed by atoms with E-state index >= 15 is 0 Å². The van der Waals surface area contributed by atoms with Crippen LogP contribution in [-0.2, 0) is 4.74 Å². The van der Waals surface area contributed by atoms with E-state index in [1.807, 2.05) is 35.2 Å². The molecule has 0 bridgehead atoms. The smallest absolute Gasteiger partial charge is 0.255 e. The summed E-state index contributed by atoms with van der Waals surface area (Å²) >= 11 is 0. The van der Waals surface area contributed by atoms with Crippen LogP contribution >= 0.6 is 24.8 Å². The number of anilines is 1. The zero-order valence-corrected chi connectivity index (χ0v) is 18.0. The second-order valence-corrected chi connectivity index (χ2v) is 7.34. The Morgan fingerprint density at radius 3 is 2.31 bits per heavy atom. The minimum atomic E-state index is 0. The van der Waals surface area contributed by atoms with Gasteiger partial charge in [-0.05, 0) is 30.2 Å². The molecule has 2 aliphatic rings. The van der Waals surface area contributed by atoms with Crippen LogP contribution in [-0.4, -0.2) is 56.7 Å². The number of benzene rings is 2. The number of ether oxygens (including phenoxy) is 1. The molecule has 2 atom stereocenters. The Labute approximate surface area is 185 Å². The lowest BCUT2D eigenvalue weighted by atomic mass is 9.89. The van der Waals surface area contributed by atoms with Gasteiger partial charge in [0, 0.05) is 37.8 Å². The zero-order chi connectivity index (χ0) is 18.6. The summed E-state index contributed by atoms with van der Waals surface area (Å²) < 4.78 is 5.46. The van der Waals surface area contributed by atoms with Gasteiger partial charge in [0.05, 0.1) is 18.8 Å². The Bertz CT molecular complexity index is 785. The number of nitrogens with two attached hydrogens (primary N) is 1. The van der Waals surface area contributed by atoms with Crippen molar-refractivity contribution in [1.82, 2.24) is 4.90 Å². The van der Waals surface area contributed by atoms with Crippen molar-refractivity contribution in [3.63, 3.8) is 0 Å². The quantitative estimate of drug-likeness (QED) is 0.797. The van der Waals surface area contributed by atoms with Gasteiger partial charge in [0.1, 0.15) is 0 Å². The summed E-state index contributed by atoms with van der Waals surface area (Å²) in [5.74, 6) is 0.705. The lowest BCUT2D eigenvalue weighted by Crippen LogP contribution is -2.38. The first-order valence-corrected chi connectivity index (χ1v) is 9.74. The molecule has 0 unspecified atom stereocenters. The van der Waals surface area contributed by atoms with Gasteiger partial charge >= 0.3 is 0 Å². The van der Waals surface area contributed by atoms with Gasteiger partial charge in [-0.1, -0.05) is 42.5 Å². The van der Waals surface area contributed by atoms with Crippen molar-refractivity contribution in [3.05, 3.63) is 65.7 Å². The summed E-state index contributed by atoms with van der Waals surface area (Å²) in [6.07, 6.45) is 0. The third-order valence-electron chi connectivity index (χ3n) is 5.74. The number of hydrogen-bond acceptors (Lipinski definition) is 4. The van der Waals surface area contributed by atoms with Gasteiger partial charge in [0.25, 0.3) is 5.91 Å². The van der Waals surface area contributed by atoms with Crippen molar-refractivity contribution >= 4 is 36.4 Å². The van der Waals surface area contributed by atoms with Crippen molar-refractivity contribution < 1.29 is 9.53 Å². The topological polar surface area (TPSA) is 58.8 Å². The minimum Gasteiger partial charge on any atom is -0.378 e. The fourth-order valence-electron chi connectivity index (χ4n) is 4.26. The SMILES string of the molecule is Cl.Cl.NC[C@@H]1CN(C(=O)c2ccccc2N2CCOCC2)C[C@H]1c1ccccc1. The molecule has 2 aromatic carbocycles. The second kappa shape index (κ2) is 10.8. The number of morpholine rings is 1. The van der Waals surface area contributed by atoms with Gasteiger partial charge in [0.15, 0.2) is 0 Å². The van der Waals surface area contributed by atoms with E-state index in [9.17, 15) is 4.79 Å². The molecule has 29 heavy (non-hydrogen) atoms. The maximum absolute atomic E-state index is 13.4. The van der Waals surface area contributed by atoms with E-state index in [1.54, 1.807) is 0 Å². The molecule has 4 rings (SSSR count). The number of nitrogens with zero attached hydrogens (tertiary/aromatic N) is 2. The lowest BCUT2D eigenvalue weighted by molar-refractivity contribution is 0.0785. The van der Waals surface area contributed by atoms with Crippen molar-refractivity contribution in [2.45, 2.75) is 5.92 Å². The summed E-state index contributed by atoms with van der Waals surface area (Å²) in [4.78, 5) is 17.6. The van der Waals surface area contributed by atoms with Crippen LogP contribution in [0, 0.1) is 5.92 Å². The highest BCUT2D eigenvalue weighted by Gasteiger charge is 2.36. The van der Waals surface area contributed by atoms with Crippen molar-refractivity contribution in [2.24, 2.45) is 11.7 Å². The van der Waals surface area contributed by atoms with Crippen LogP contribution in [0.4, 0.5) is 5.69 Å². The zero-order valence-electron chi connectivity index (χ0n) is 16.4. The van der Waals surface area contributed by atoms with Crippen molar-refractivity contribution in [2.75, 3.05) is 50.8 Å². The number of rotatable bonds is 4. The Morgan fingerprint density at radius 2 is 1.62 bits per heavy atom. The number of carbonyl (C=O) groups excluding carboxylic acids is 1. The molecule has 5 nitrogen and oxygen atoms in total. The number of halogens is 2. The van der Waals surface area contributed by atoms with Gasteiger partial charge in [0.2, 0.25) is 0 Å². The third-order valence-corrected chi connectivity index (χ3v) is 5.74. The molecule has 0 radical (unpaired) electrons. The molecule has 0 spiro atoms. The molecule has 0 aliphatic carbocycles. The Morgan fingerprint density at radius 1 is 0.966 bits per heavy atom. The van der Waals surface area contributed by atoms with E-state index in [2.05, 4.69) is 29.2 Å². The monoisotopic (exact) mass is 437 g/mol. The predicted molar refractivity (Wildman–Crippen MR) is 122 cm³/mol. The molecular weight excluding hydrogens is 409 g/mol. The Balaban J connectivity index is 0.00000150. The molecule has 0 aromatic heterocycles. The average molecular weight is 438 g/mol. The highest BCUT2D eigenvalue weighted by atomic mass is 35.5. The highest BCUT2D eigenvalue weighted by molar-refractivity contribution is 6.00. The van der Waals surface area contributed by atoms with Crippen LogP contribution < -0.4 is 10.6 Å². The molecule has 2 fully saturated rings. The standard InChI is InChI=1S/C22H27N3O2.2ClH/c23-14-18-15-25(16-20(18)17-6-2-1-3-7-17)22(26)19-8-4-5-9-21(19)24-10-12-27-13-11-24;;/h1-9,18,20H,10-16,23H2;2*1H/t18-,20+;;/m1../s1. The summed E-state index contributed by atoms with van der Waals surface area (Å²) in [7, 11) is 0. The largest absolute Gasteiger partial charge is 0.378 e. The van der Waals surface area contributed by atoms with Gasteiger partial charge < -0.3 is 20.3 Å². The first-order valence-electron chi connectivity index (χ1n) is 9.74. The number of likely N-dealkylation sites (tertiary alicyclic amines) is 1. The maximum atomic E-state index is 13.4. The van der Waals surface area contributed by atoms with Crippen LogP contribution in [0.25, 0.3) is 0 Å². The average Bonchev–Trinajstić information content (AvgIpc) is 3.19. The normalized spacial score (nSPS) is 21.3. The maximum Gasteiger partial charge on any atom is 0.255 e. The fraction of sp³-hybridized carbons (Fsp3) is 0.409. The van der Waals surface area contributed by atoms with E-state index in [0.29, 0.717) is 38.1 Å². The van der Waals surface area contributed by atoms with Crippen molar-refractivity contribution in [1.29, 1.82) is 0 Å². The number of hydrogen-bond donors (Lipinski definition) is 1. The van der Waals surface area contributed by atoms with Gasteiger partial charge in [-0.25, -0.2) is 0 Å². The van der Waals surface area contributed by atoms with Crippen molar-refractivity contribution in [3.8, 4) is 0 Å². The van der Waals surface area contributed by atoms with Gasteiger partial charge in [-0.3, -0.25) is 4.79 Å². The molecule has 158 valence electrons. The molecular formula is C22H29Cl2N3O2. The summed E-state index contributed by atoms with van der Waals surface area (Å²) in [5.41, 5.74) is 9.11. The van der Waals surface area contributed by atoms with E-state index in [-0.39, 0.29) is 30.7 Å². The number of para-hydroxylation sites is 1. The molecule has 2 N–H and O–H groups in total. The van der Waals surface area contributed by atoms with Crippen LogP contribution in [0.15, 0.2) is 54.6 Å². The summed E-state index contributed by atoms with van der Waals surface area (Å²) in [6.45, 7) is 5.09. The first-order chi connectivity index (χ1) is 13.3. The molecule has 2 aliphatic heterocycles. The van der Waals surface area contributed by atoms with Crippen LogP contribution in [0.2, 0.25) is 0 Å². The number of amides is 1. The van der Waals surface area contributed by atoms with Crippen LogP contribution in [0.3, 0.4) is 0 Å². The molecule has 1 amide bonds. The third kappa shape index (κ3) is 5.04. The van der Waals surface area contributed by atoms with E-state index in [4.69, 9.17) is 10.5 Å². The van der Waals surface area contributed by atoms with E-state index < -0.39 is 0 Å². The Kier molecular flexibility index (Phi) is 8.78. The van der Waals surface area contributed by atoms with E-state index in [0.717, 1.165) is 30.9 Å². The molecule has 2 heterocycles. The number of carbonyl (C=O) groups is 1. The summed E-state index contributed by atoms with van der Waals surface area (Å²) in [5, 5.41) is 0. The molecule has 2 aromatic rings. The molecule has 2 saturated heterocycles. The first kappa shape index (κ1) is 23.5. The van der Waals surface area contributed by atoms with Gasteiger partial charge in [-0.15, -0.1) is 24.8 Å². The van der Waals surface area contributed by atoms with Crippen LogP contribution in [0.5, 0.6) is 0 Å².